The van der Waals surface area contributed by atoms with Gasteiger partial charge in [-0.1, -0.05) is 11.8 Å². The number of thioether (sulfide) groups is 1. The standard InChI is InChI=1S/C12H19N3O4S/c1-9(14-4-6-19-7-5-14)11(17)13-2-3-15-10(16)8-20-12(15)18/h9H,2-8H2,1H3,(H,13,17)/p+1/t9-/m1/s1. The van der Waals surface area contributed by atoms with E-state index in [1.165, 1.54) is 9.80 Å². The lowest BCUT2D eigenvalue weighted by molar-refractivity contribution is -0.921. The van der Waals surface area contributed by atoms with Crippen LogP contribution in [0.2, 0.25) is 0 Å². The van der Waals surface area contributed by atoms with E-state index in [2.05, 4.69) is 5.32 Å². The topological polar surface area (TPSA) is 80.2 Å². The number of hydrogen-bond acceptors (Lipinski definition) is 5. The van der Waals surface area contributed by atoms with E-state index in [1.807, 2.05) is 6.92 Å². The molecule has 0 bridgehead atoms. The number of carbonyl (C=O) groups excluding carboxylic acids is 3. The zero-order valence-electron chi connectivity index (χ0n) is 11.5. The second-order valence-electron chi connectivity index (χ2n) is 4.88. The van der Waals surface area contributed by atoms with Crippen LogP contribution in [0.3, 0.4) is 0 Å². The van der Waals surface area contributed by atoms with Crippen molar-refractivity contribution >= 4 is 28.8 Å². The monoisotopic (exact) mass is 302 g/mol. The summed E-state index contributed by atoms with van der Waals surface area (Å²) in [6, 6.07) is -0.141. The molecule has 2 N–H and O–H groups in total. The van der Waals surface area contributed by atoms with Gasteiger partial charge >= 0.3 is 0 Å². The van der Waals surface area contributed by atoms with E-state index in [0.717, 1.165) is 24.9 Å². The minimum atomic E-state index is -0.226. The predicted octanol–water partition coefficient (Wildman–Crippen LogP) is -1.90. The maximum absolute atomic E-state index is 12.0. The van der Waals surface area contributed by atoms with E-state index >= 15 is 0 Å². The molecule has 0 unspecified atom stereocenters. The van der Waals surface area contributed by atoms with Crippen LogP contribution in [-0.4, -0.2) is 73.1 Å². The summed E-state index contributed by atoms with van der Waals surface area (Å²) in [6.45, 7) is 5.47. The third-order valence-corrected chi connectivity index (χ3v) is 4.47. The molecule has 0 radical (unpaired) electrons. The number of quaternary nitrogens is 1. The highest BCUT2D eigenvalue weighted by molar-refractivity contribution is 8.14. The van der Waals surface area contributed by atoms with Gasteiger partial charge < -0.3 is 15.0 Å². The van der Waals surface area contributed by atoms with E-state index in [-0.39, 0.29) is 35.4 Å². The molecule has 0 aromatic carbocycles. The van der Waals surface area contributed by atoms with Gasteiger partial charge in [0.2, 0.25) is 5.91 Å². The lowest BCUT2D eigenvalue weighted by Gasteiger charge is -2.28. The first-order valence-electron chi connectivity index (χ1n) is 6.76. The van der Waals surface area contributed by atoms with Crippen molar-refractivity contribution in [1.29, 1.82) is 0 Å². The molecule has 1 atom stereocenters. The van der Waals surface area contributed by atoms with Gasteiger partial charge in [-0.3, -0.25) is 19.3 Å². The van der Waals surface area contributed by atoms with Crippen LogP contribution >= 0.6 is 11.8 Å². The first-order valence-corrected chi connectivity index (χ1v) is 7.75. The molecule has 0 aliphatic carbocycles. The van der Waals surface area contributed by atoms with E-state index < -0.39 is 0 Å². The number of nitrogens with zero attached hydrogens (tertiary/aromatic N) is 1. The maximum atomic E-state index is 12.0. The molecule has 2 fully saturated rings. The van der Waals surface area contributed by atoms with Crippen LogP contribution in [0.5, 0.6) is 0 Å². The number of carbonyl (C=O) groups is 3. The Bertz CT molecular complexity index is 382. The Balaban J connectivity index is 1.71. The average molecular weight is 302 g/mol. The van der Waals surface area contributed by atoms with E-state index in [9.17, 15) is 14.4 Å². The van der Waals surface area contributed by atoms with Crippen molar-refractivity contribution in [2.75, 3.05) is 45.1 Å². The summed E-state index contributed by atoms with van der Waals surface area (Å²) in [5, 5.41) is 2.57. The van der Waals surface area contributed by atoms with E-state index in [4.69, 9.17) is 4.74 Å². The average Bonchev–Trinajstić information content (AvgIpc) is 2.79. The van der Waals surface area contributed by atoms with Gasteiger partial charge in [-0.15, -0.1) is 0 Å². The Morgan fingerprint density at radius 1 is 1.45 bits per heavy atom. The molecule has 0 aromatic heterocycles. The number of amides is 3. The fraction of sp³-hybridized carbons (Fsp3) is 0.750. The number of rotatable bonds is 5. The fourth-order valence-electron chi connectivity index (χ4n) is 2.29. The summed E-state index contributed by atoms with van der Waals surface area (Å²) in [5.74, 6) is -0.0177. The van der Waals surface area contributed by atoms with Crippen molar-refractivity contribution in [3.05, 3.63) is 0 Å². The smallest absolute Gasteiger partial charge is 0.288 e. The van der Waals surface area contributed by atoms with Crippen molar-refractivity contribution < 1.29 is 24.0 Å². The minimum Gasteiger partial charge on any atom is -0.370 e. The van der Waals surface area contributed by atoms with Crippen molar-refractivity contribution in [3.8, 4) is 0 Å². The van der Waals surface area contributed by atoms with Gasteiger partial charge in [0.05, 0.1) is 19.0 Å². The lowest BCUT2D eigenvalue weighted by atomic mass is 10.2. The van der Waals surface area contributed by atoms with Crippen molar-refractivity contribution in [2.24, 2.45) is 0 Å². The summed E-state index contributed by atoms with van der Waals surface area (Å²) in [7, 11) is 0. The van der Waals surface area contributed by atoms with Crippen LogP contribution in [0.15, 0.2) is 0 Å². The summed E-state index contributed by atoms with van der Waals surface area (Å²) in [5.41, 5.74) is 0. The summed E-state index contributed by atoms with van der Waals surface area (Å²) in [4.78, 5) is 37.2. The van der Waals surface area contributed by atoms with Gasteiger partial charge in [0.25, 0.3) is 11.1 Å². The van der Waals surface area contributed by atoms with Gasteiger partial charge in [0.15, 0.2) is 6.04 Å². The molecule has 3 amide bonds. The van der Waals surface area contributed by atoms with Crippen molar-refractivity contribution in [2.45, 2.75) is 13.0 Å². The normalized spacial score (nSPS) is 22.1. The fourth-order valence-corrected chi connectivity index (χ4v) is 3.04. The minimum absolute atomic E-state index is 0.0475. The molecule has 0 aromatic rings. The molecular weight excluding hydrogens is 282 g/mol. The molecule has 2 heterocycles. The van der Waals surface area contributed by atoms with E-state index in [0.29, 0.717) is 19.8 Å². The second kappa shape index (κ2) is 7.05. The van der Waals surface area contributed by atoms with Gasteiger partial charge in [-0.25, -0.2) is 0 Å². The molecule has 0 spiro atoms. The molecule has 112 valence electrons. The zero-order valence-corrected chi connectivity index (χ0v) is 12.3. The second-order valence-corrected chi connectivity index (χ2v) is 5.81. The predicted molar refractivity (Wildman–Crippen MR) is 73.6 cm³/mol. The third-order valence-electron chi connectivity index (χ3n) is 3.62. The molecule has 20 heavy (non-hydrogen) atoms. The van der Waals surface area contributed by atoms with Crippen molar-refractivity contribution in [1.82, 2.24) is 10.2 Å². The van der Waals surface area contributed by atoms with Crippen LogP contribution < -0.4 is 10.2 Å². The molecular formula is C12H20N3O4S+. The number of morpholine rings is 1. The Kier molecular flexibility index (Phi) is 5.38. The highest BCUT2D eigenvalue weighted by Crippen LogP contribution is 2.17. The molecule has 2 rings (SSSR count). The Hall–Kier alpha value is -1.12. The van der Waals surface area contributed by atoms with Crippen LogP contribution in [0, 0.1) is 0 Å². The summed E-state index contributed by atoms with van der Waals surface area (Å²) >= 11 is 1.01. The van der Waals surface area contributed by atoms with Crippen LogP contribution in [-0.2, 0) is 14.3 Å². The number of ether oxygens (including phenoxy) is 1. The highest BCUT2D eigenvalue weighted by atomic mass is 32.2. The number of imide groups is 1. The lowest BCUT2D eigenvalue weighted by Crippen LogP contribution is -3.18. The van der Waals surface area contributed by atoms with Gasteiger partial charge in [-0.05, 0) is 6.92 Å². The molecule has 8 heteroatoms. The Morgan fingerprint density at radius 2 is 2.15 bits per heavy atom. The molecule has 2 aliphatic rings. The van der Waals surface area contributed by atoms with Gasteiger partial charge in [-0.2, -0.15) is 0 Å². The molecule has 2 saturated heterocycles. The van der Waals surface area contributed by atoms with Crippen LogP contribution in [0.4, 0.5) is 4.79 Å². The van der Waals surface area contributed by atoms with Crippen LogP contribution in [0.1, 0.15) is 6.92 Å². The Morgan fingerprint density at radius 3 is 2.75 bits per heavy atom. The van der Waals surface area contributed by atoms with E-state index in [1.54, 1.807) is 0 Å². The third kappa shape index (κ3) is 3.71. The summed E-state index contributed by atoms with van der Waals surface area (Å²) in [6.07, 6.45) is 0. The Labute approximate surface area is 122 Å². The maximum Gasteiger partial charge on any atom is 0.288 e. The molecule has 0 saturated carbocycles. The summed E-state index contributed by atoms with van der Waals surface area (Å²) < 4.78 is 5.27. The zero-order chi connectivity index (χ0) is 14.5. The quantitative estimate of drug-likeness (QED) is 0.620. The van der Waals surface area contributed by atoms with Crippen molar-refractivity contribution in [3.63, 3.8) is 0 Å². The molecule has 7 nitrogen and oxygen atoms in total. The van der Waals surface area contributed by atoms with Gasteiger partial charge in [0, 0.05) is 13.1 Å². The van der Waals surface area contributed by atoms with Gasteiger partial charge in [0.1, 0.15) is 13.1 Å². The SMILES string of the molecule is C[C@H](C(=O)NCCN1C(=O)CSC1=O)[NH+]1CCOCC1. The number of nitrogens with one attached hydrogen (secondary N) is 2. The first-order chi connectivity index (χ1) is 9.59. The number of hydrogen-bond donors (Lipinski definition) is 2. The largest absolute Gasteiger partial charge is 0.370 e. The first kappa shape index (κ1) is 15.3. The van der Waals surface area contributed by atoms with Crippen LogP contribution in [0.25, 0.3) is 0 Å². The highest BCUT2D eigenvalue weighted by Gasteiger charge is 2.30. The molecule has 2 aliphatic heterocycles.